The van der Waals surface area contributed by atoms with Gasteiger partial charge in [-0.1, -0.05) is 24.3 Å². The van der Waals surface area contributed by atoms with Gasteiger partial charge < -0.3 is 4.98 Å². The molecule has 1 aromatic carbocycles. The van der Waals surface area contributed by atoms with Crippen LogP contribution >= 0.6 is 0 Å². The monoisotopic (exact) mass is 185 g/mol. The maximum atomic E-state index is 4.28. The molecule has 2 heterocycles. The van der Waals surface area contributed by atoms with Crippen LogP contribution in [0.15, 0.2) is 36.7 Å². The zero-order valence-corrected chi connectivity index (χ0v) is 7.70. The number of aromatic amines is 1. The van der Waals surface area contributed by atoms with Gasteiger partial charge in [0, 0.05) is 18.9 Å². The average molecular weight is 185 g/mol. The third kappa shape index (κ3) is 1.06. The summed E-state index contributed by atoms with van der Waals surface area (Å²) in [6.45, 7) is 0.932. The number of nitrogens with zero attached hydrogens (tertiary/aromatic N) is 1. The molecule has 1 aromatic heterocycles. The lowest BCUT2D eigenvalue weighted by Gasteiger charge is -2.07. The van der Waals surface area contributed by atoms with Crippen molar-refractivity contribution in [2.24, 2.45) is 0 Å². The van der Waals surface area contributed by atoms with E-state index in [9.17, 15) is 0 Å². The summed E-state index contributed by atoms with van der Waals surface area (Å²) in [5.41, 5.74) is 2.70. The van der Waals surface area contributed by atoms with E-state index in [1.807, 2.05) is 6.20 Å². The molecular weight excluding hydrogens is 174 g/mol. The Morgan fingerprint density at radius 2 is 2.21 bits per heavy atom. The molecule has 0 saturated carbocycles. The highest BCUT2D eigenvalue weighted by Crippen LogP contribution is 2.28. The van der Waals surface area contributed by atoms with E-state index in [0.717, 1.165) is 12.4 Å². The first kappa shape index (κ1) is 7.76. The number of H-pyrrole nitrogens is 1. The van der Waals surface area contributed by atoms with Crippen molar-refractivity contribution in [3.8, 4) is 0 Å². The molecule has 1 unspecified atom stereocenters. The van der Waals surface area contributed by atoms with Crippen molar-refractivity contribution >= 4 is 0 Å². The van der Waals surface area contributed by atoms with Crippen LogP contribution in [0.3, 0.4) is 0 Å². The predicted molar refractivity (Wildman–Crippen MR) is 53.7 cm³/mol. The van der Waals surface area contributed by atoms with Gasteiger partial charge >= 0.3 is 0 Å². The topological polar surface area (TPSA) is 40.7 Å². The molecule has 2 N–H and O–H groups in total. The van der Waals surface area contributed by atoms with Crippen molar-refractivity contribution in [2.45, 2.75) is 12.6 Å². The number of benzene rings is 1. The molecule has 0 radical (unpaired) electrons. The van der Waals surface area contributed by atoms with Crippen LogP contribution in [0.1, 0.15) is 23.0 Å². The van der Waals surface area contributed by atoms with E-state index in [1.54, 1.807) is 6.20 Å². The Bertz CT molecular complexity index is 434. The van der Waals surface area contributed by atoms with Crippen LogP contribution in [0.4, 0.5) is 0 Å². The maximum absolute atomic E-state index is 4.28. The van der Waals surface area contributed by atoms with Gasteiger partial charge in [0.1, 0.15) is 5.82 Å². The van der Waals surface area contributed by atoms with Crippen LogP contribution < -0.4 is 5.32 Å². The van der Waals surface area contributed by atoms with Crippen LogP contribution in [0, 0.1) is 0 Å². The summed E-state index contributed by atoms with van der Waals surface area (Å²) in [5.74, 6) is 0.995. The maximum Gasteiger partial charge on any atom is 0.127 e. The highest BCUT2D eigenvalue weighted by atomic mass is 15.0. The van der Waals surface area contributed by atoms with Gasteiger partial charge in [-0.2, -0.15) is 0 Å². The minimum absolute atomic E-state index is 0.237. The first-order chi connectivity index (χ1) is 6.95. The Balaban J connectivity index is 2.06. The summed E-state index contributed by atoms with van der Waals surface area (Å²) in [6, 6.07) is 8.70. The van der Waals surface area contributed by atoms with Crippen LogP contribution in [0.5, 0.6) is 0 Å². The second-order valence-electron chi connectivity index (χ2n) is 3.49. The second-order valence-corrected chi connectivity index (χ2v) is 3.49. The van der Waals surface area contributed by atoms with E-state index in [4.69, 9.17) is 0 Å². The number of hydrogen-bond donors (Lipinski definition) is 2. The molecule has 3 nitrogen and oxygen atoms in total. The van der Waals surface area contributed by atoms with Gasteiger partial charge in [-0.3, -0.25) is 5.32 Å². The standard InChI is InChI=1S/C11H11N3/c1-2-4-9-8(3-1)7-14-10(9)11-12-5-6-13-11/h1-6,10,14H,7H2,(H,12,13). The molecule has 0 fully saturated rings. The number of aromatic nitrogens is 2. The molecule has 14 heavy (non-hydrogen) atoms. The molecule has 1 aliphatic heterocycles. The predicted octanol–water partition coefficient (Wildman–Crippen LogP) is 1.60. The molecule has 3 rings (SSSR count). The minimum atomic E-state index is 0.237. The molecule has 2 aromatic rings. The molecule has 1 aliphatic rings. The van der Waals surface area contributed by atoms with Crippen molar-refractivity contribution in [3.05, 3.63) is 53.6 Å². The SMILES string of the molecule is c1ccc2c(c1)CNC2c1ncc[nH]1. The van der Waals surface area contributed by atoms with Crippen LogP contribution in [0.2, 0.25) is 0 Å². The highest BCUT2D eigenvalue weighted by Gasteiger charge is 2.23. The lowest BCUT2D eigenvalue weighted by atomic mass is 10.1. The summed E-state index contributed by atoms with van der Waals surface area (Å²) in [6.07, 6.45) is 3.65. The number of fused-ring (bicyclic) bond motifs is 1. The molecule has 0 spiro atoms. The fraction of sp³-hybridized carbons (Fsp3) is 0.182. The molecule has 0 amide bonds. The largest absolute Gasteiger partial charge is 0.347 e. The van der Waals surface area contributed by atoms with Crippen molar-refractivity contribution in [3.63, 3.8) is 0 Å². The quantitative estimate of drug-likeness (QED) is 0.708. The van der Waals surface area contributed by atoms with E-state index in [2.05, 4.69) is 39.6 Å². The number of rotatable bonds is 1. The molecule has 0 bridgehead atoms. The van der Waals surface area contributed by atoms with Gasteiger partial charge in [-0.25, -0.2) is 4.98 Å². The highest BCUT2D eigenvalue weighted by molar-refractivity contribution is 5.37. The van der Waals surface area contributed by atoms with E-state index in [0.29, 0.717) is 0 Å². The average Bonchev–Trinajstić information content (AvgIpc) is 2.85. The Hall–Kier alpha value is -1.61. The Morgan fingerprint density at radius 3 is 3.07 bits per heavy atom. The lowest BCUT2D eigenvalue weighted by molar-refractivity contribution is 0.637. The molecule has 0 saturated heterocycles. The third-order valence-corrected chi connectivity index (χ3v) is 2.66. The van der Waals surface area contributed by atoms with Crippen LogP contribution in [0.25, 0.3) is 0 Å². The van der Waals surface area contributed by atoms with Crippen molar-refractivity contribution in [2.75, 3.05) is 0 Å². The third-order valence-electron chi connectivity index (χ3n) is 2.66. The number of imidazole rings is 1. The zero-order chi connectivity index (χ0) is 9.38. The second kappa shape index (κ2) is 2.96. The summed E-state index contributed by atoms with van der Waals surface area (Å²) < 4.78 is 0. The Labute approximate surface area is 82.2 Å². The first-order valence-corrected chi connectivity index (χ1v) is 4.75. The summed E-state index contributed by atoms with van der Waals surface area (Å²) in [4.78, 5) is 7.43. The summed E-state index contributed by atoms with van der Waals surface area (Å²) in [7, 11) is 0. The van der Waals surface area contributed by atoms with E-state index in [1.165, 1.54) is 11.1 Å². The van der Waals surface area contributed by atoms with Gasteiger partial charge in [0.2, 0.25) is 0 Å². The lowest BCUT2D eigenvalue weighted by Crippen LogP contribution is -2.14. The fourth-order valence-electron chi connectivity index (χ4n) is 1.98. The molecule has 1 atom stereocenters. The molecule has 0 aliphatic carbocycles. The van der Waals surface area contributed by atoms with Crippen molar-refractivity contribution in [1.82, 2.24) is 15.3 Å². The zero-order valence-electron chi connectivity index (χ0n) is 7.70. The van der Waals surface area contributed by atoms with Gasteiger partial charge in [0.25, 0.3) is 0 Å². The van der Waals surface area contributed by atoms with Crippen LogP contribution in [-0.2, 0) is 6.54 Å². The van der Waals surface area contributed by atoms with E-state index < -0.39 is 0 Å². The van der Waals surface area contributed by atoms with Gasteiger partial charge in [0.15, 0.2) is 0 Å². The van der Waals surface area contributed by atoms with Crippen LogP contribution in [-0.4, -0.2) is 9.97 Å². The van der Waals surface area contributed by atoms with E-state index >= 15 is 0 Å². The van der Waals surface area contributed by atoms with Gasteiger partial charge in [-0.15, -0.1) is 0 Å². The Kier molecular flexibility index (Phi) is 1.64. The van der Waals surface area contributed by atoms with Crippen molar-refractivity contribution < 1.29 is 0 Å². The Morgan fingerprint density at radius 1 is 1.29 bits per heavy atom. The van der Waals surface area contributed by atoms with Gasteiger partial charge in [-0.05, 0) is 11.1 Å². The van der Waals surface area contributed by atoms with Gasteiger partial charge in [0.05, 0.1) is 6.04 Å². The summed E-state index contributed by atoms with van der Waals surface area (Å²) >= 11 is 0. The number of nitrogens with one attached hydrogen (secondary N) is 2. The number of hydrogen-bond acceptors (Lipinski definition) is 2. The normalized spacial score (nSPS) is 19.6. The smallest absolute Gasteiger partial charge is 0.127 e. The van der Waals surface area contributed by atoms with Crippen molar-refractivity contribution in [1.29, 1.82) is 0 Å². The molecular formula is C11H11N3. The fourth-order valence-corrected chi connectivity index (χ4v) is 1.98. The molecule has 70 valence electrons. The molecule has 3 heteroatoms. The first-order valence-electron chi connectivity index (χ1n) is 4.75. The summed E-state index contributed by atoms with van der Waals surface area (Å²) in [5, 5.41) is 3.43. The minimum Gasteiger partial charge on any atom is -0.347 e. The van der Waals surface area contributed by atoms with E-state index in [-0.39, 0.29) is 6.04 Å².